The van der Waals surface area contributed by atoms with Gasteiger partial charge in [0.05, 0.1) is 12.3 Å². The molecule has 3 aromatic rings. The zero-order chi connectivity index (χ0) is 13.8. The number of rotatable bonds is 5. The molecule has 5 nitrogen and oxygen atoms in total. The van der Waals surface area contributed by atoms with Gasteiger partial charge >= 0.3 is 0 Å². The molecule has 0 radical (unpaired) electrons. The number of nitrogens with zero attached hydrogens (tertiary/aromatic N) is 2. The summed E-state index contributed by atoms with van der Waals surface area (Å²) in [5, 5.41) is 3.87. The summed E-state index contributed by atoms with van der Waals surface area (Å²) in [4.78, 5) is 4.27. The van der Waals surface area contributed by atoms with Crippen molar-refractivity contribution in [3.63, 3.8) is 0 Å². The van der Waals surface area contributed by atoms with Crippen molar-refractivity contribution in [2.45, 2.75) is 18.9 Å². The Morgan fingerprint density at radius 2 is 1.95 bits per heavy atom. The fraction of sp³-hybridized carbons (Fsp3) is 0.200. The van der Waals surface area contributed by atoms with Crippen LogP contribution in [0, 0.1) is 0 Å². The molecular formula is C15H15N3O2. The van der Waals surface area contributed by atoms with E-state index in [1.165, 1.54) is 5.56 Å². The number of hydrogen-bond donors (Lipinski definition) is 1. The third-order valence-electron chi connectivity index (χ3n) is 3.09. The smallest absolute Gasteiger partial charge is 0.243 e. The molecule has 0 spiro atoms. The summed E-state index contributed by atoms with van der Waals surface area (Å²) < 4.78 is 10.4. The lowest BCUT2D eigenvalue weighted by Gasteiger charge is -2.06. The van der Waals surface area contributed by atoms with Gasteiger partial charge < -0.3 is 14.7 Å². The summed E-state index contributed by atoms with van der Waals surface area (Å²) in [5.74, 6) is 1.45. The van der Waals surface area contributed by atoms with Gasteiger partial charge in [-0.3, -0.25) is 0 Å². The molecule has 2 aromatic heterocycles. The van der Waals surface area contributed by atoms with Crippen molar-refractivity contribution < 1.29 is 8.94 Å². The molecule has 1 aromatic carbocycles. The maximum absolute atomic E-state index is 6.08. The molecule has 20 heavy (non-hydrogen) atoms. The van der Waals surface area contributed by atoms with Crippen LogP contribution in [-0.4, -0.2) is 10.1 Å². The van der Waals surface area contributed by atoms with Crippen LogP contribution in [0.3, 0.4) is 0 Å². The summed E-state index contributed by atoms with van der Waals surface area (Å²) in [5.41, 5.74) is 7.33. The van der Waals surface area contributed by atoms with Crippen LogP contribution < -0.4 is 5.73 Å². The van der Waals surface area contributed by atoms with Gasteiger partial charge in [0.25, 0.3) is 0 Å². The van der Waals surface area contributed by atoms with E-state index >= 15 is 0 Å². The first-order valence-corrected chi connectivity index (χ1v) is 6.50. The van der Waals surface area contributed by atoms with Crippen molar-refractivity contribution in [1.82, 2.24) is 10.1 Å². The van der Waals surface area contributed by atoms with Crippen LogP contribution in [-0.2, 0) is 6.42 Å². The molecule has 1 unspecified atom stereocenters. The molecule has 3 rings (SSSR count). The predicted molar refractivity (Wildman–Crippen MR) is 73.7 cm³/mol. The molecule has 2 N–H and O–H groups in total. The average molecular weight is 269 g/mol. The van der Waals surface area contributed by atoms with Crippen LogP contribution in [0.25, 0.3) is 11.6 Å². The summed E-state index contributed by atoms with van der Waals surface area (Å²) in [6.45, 7) is 0. The third-order valence-corrected chi connectivity index (χ3v) is 3.09. The normalized spacial score (nSPS) is 12.4. The molecule has 0 amide bonds. The van der Waals surface area contributed by atoms with Gasteiger partial charge in [-0.25, -0.2) is 0 Å². The zero-order valence-corrected chi connectivity index (χ0v) is 10.9. The van der Waals surface area contributed by atoms with Gasteiger partial charge in [0, 0.05) is 0 Å². The molecule has 102 valence electrons. The fourth-order valence-corrected chi connectivity index (χ4v) is 1.98. The molecule has 2 heterocycles. The van der Waals surface area contributed by atoms with Gasteiger partial charge in [-0.2, -0.15) is 4.98 Å². The van der Waals surface area contributed by atoms with Crippen LogP contribution in [0.2, 0.25) is 0 Å². The molecular weight excluding hydrogens is 254 g/mol. The molecule has 0 aliphatic carbocycles. The maximum Gasteiger partial charge on any atom is 0.243 e. The minimum absolute atomic E-state index is 0.272. The second-order valence-electron chi connectivity index (χ2n) is 4.56. The molecule has 0 saturated heterocycles. The minimum Gasteiger partial charge on any atom is -0.461 e. The zero-order valence-electron chi connectivity index (χ0n) is 10.9. The van der Waals surface area contributed by atoms with Crippen molar-refractivity contribution in [1.29, 1.82) is 0 Å². The standard InChI is InChI=1S/C15H15N3O2/c16-12(9-8-11-5-2-1-3-6-11)15-17-14(18-20-15)13-7-4-10-19-13/h1-7,10,12H,8-9,16H2. The van der Waals surface area contributed by atoms with E-state index in [4.69, 9.17) is 14.7 Å². The summed E-state index contributed by atoms with van der Waals surface area (Å²) in [6.07, 6.45) is 3.20. The highest BCUT2D eigenvalue weighted by Crippen LogP contribution is 2.20. The summed E-state index contributed by atoms with van der Waals surface area (Å²) >= 11 is 0. The lowest BCUT2D eigenvalue weighted by molar-refractivity contribution is 0.348. The molecule has 0 saturated carbocycles. The Balaban J connectivity index is 1.64. The largest absolute Gasteiger partial charge is 0.461 e. The first kappa shape index (κ1) is 12.6. The molecule has 0 bridgehead atoms. The van der Waals surface area contributed by atoms with Crippen molar-refractivity contribution in [3.05, 3.63) is 60.2 Å². The lowest BCUT2D eigenvalue weighted by atomic mass is 10.1. The van der Waals surface area contributed by atoms with Crippen LogP contribution in [0.1, 0.15) is 23.9 Å². The van der Waals surface area contributed by atoms with E-state index < -0.39 is 0 Å². The highest BCUT2D eigenvalue weighted by Gasteiger charge is 2.16. The summed E-state index contributed by atoms with van der Waals surface area (Å²) in [7, 11) is 0. The lowest BCUT2D eigenvalue weighted by Crippen LogP contribution is -2.11. The maximum atomic E-state index is 6.08. The number of furan rings is 1. The van der Waals surface area contributed by atoms with Crippen LogP contribution in [0.15, 0.2) is 57.7 Å². The summed E-state index contributed by atoms with van der Waals surface area (Å²) in [6, 6.07) is 13.5. The number of benzene rings is 1. The van der Waals surface area contributed by atoms with E-state index in [-0.39, 0.29) is 6.04 Å². The fourth-order valence-electron chi connectivity index (χ4n) is 1.98. The predicted octanol–water partition coefficient (Wildman–Crippen LogP) is 2.96. The Morgan fingerprint density at radius 3 is 2.70 bits per heavy atom. The Bertz CT molecular complexity index is 647. The molecule has 5 heteroatoms. The Labute approximate surface area is 116 Å². The second-order valence-corrected chi connectivity index (χ2v) is 4.56. The Kier molecular flexibility index (Phi) is 3.60. The monoisotopic (exact) mass is 269 g/mol. The van der Waals surface area contributed by atoms with E-state index in [9.17, 15) is 0 Å². The molecule has 0 fully saturated rings. The van der Waals surface area contributed by atoms with Gasteiger partial charge in [0.2, 0.25) is 11.7 Å². The van der Waals surface area contributed by atoms with E-state index in [1.807, 2.05) is 18.2 Å². The molecule has 0 aliphatic rings. The quantitative estimate of drug-likeness (QED) is 0.770. The number of aromatic nitrogens is 2. The second kappa shape index (κ2) is 5.71. The van der Waals surface area contributed by atoms with Gasteiger partial charge in [0.1, 0.15) is 0 Å². The first-order chi connectivity index (χ1) is 9.83. The first-order valence-electron chi connectivity index (χ1n) is 6.50. The number of aryl methyl sites for hydroxylation is 1. The van der Waals surface area contributed by atoms with E-state index in [1.54, 1.807) is 18.4 Å². The van der Waals surface area contributed by atoms with E-state index in [2.05, 4.69) is 22.3 Å². The van der Waals surface area contributed by atoms with Gasteiger partial charge in [-0.05, 0) is 30.5 Å². The highest BCUT2D eigenvalue weighted by molar-refractivity contribution is 5.44. The van der Waals surface area contributed by atoms with E-state index in [0.717, 1.165) is 12.8 Å². The van der Waals surface area contributed by atoms with Crippen LogP contribution in [0.4, 0.5) is 0 Å². The van der Waals surface area contributed by atoms with Crippen molar-refractivity contribution in [3.8, 4) is 11.6 Å². The Hall–Kier alpha value is -2.40. The van der Waals surface area contributed by atoms with Crippen LogP contribution >= 0.6 is 0 Å². The minimum atomic E-state index is -0.272. The van der Waals surface area contributed by atoms with Gasteiger partial charge in [0.15, 0.2) is 5.76 Å². The molecule has 1 atom stereocenters. The molecule has 0 aliphatic heterocycles. The topological polar surface area (TPSA) is 78.1 Å². The van der Waals surface area contributed by atoms with Crippen molar-refractivity contribution in [2.75, 3.05) is 0 Å². The van der Waals surface area contributed by atoms with Crippen LogP contribution in [0.5, 0.6) is 0 Å². The van der Waals surface area contributed by atoms with Crippen molar-refractivity contribution >= 4 is 0 Å². The van der Waals surface area contributed by atoms with E-state index in [0.29, 0.717) is 17.5 Å². The average Bonchev–Trinajstić information content (AvgIpc) is 3.16. The van der Waals surface area contributed by atoms with Crippen molar-refractivity contribution in [2.24, 2.45) is 5.73 Å². The Morgan fingerprint density at radius 1 is 1.10 bits per heavy atom. The van der Waals surface area contributed by atoms with Gasteiger partial charge in [-0.1, -0.05) is 35.5 Å². The number of nitrogens with two attached hydrogens (primary N) is 1. The SMILES string of the molecule is NC(CCc1ccccc1)c1nc(-c2ccco2)no1. The highest BCUT2D eigenvalue weighted by atomic mass is 16.5. The van der Waals surface area contributed by atoms with Gasteiger partial charge in [-0.15, -0.1) is 0 Å². The third kappa shape index (κ3) is 2.78. The number of hydrogen-bond acceptors (Lipinski definition) is 5.